The van der Waals surface area contributed by atoms with Gasteiger partial charge < -0.3 is 11.1 Å². The number of nitriles is 1. The van der Waals surface area contributed by atoms with Gasteiger partial charge in [-0.05, 0) is 43.7 Å². The van der Waals surface area contributed by atoms with Crippen molar-refractivity contribution >= 4 is 22.7 Å². The Kier molecular flexibility index (Phi) is 5.05. The Hall–Kier alpha value is -4.32. The molecule has 0 spiro atoms. The largest absolute Gasteiger partial charge is 0.368 e. The molecule has 3 N–H and O–H groups in total. The maximum atomic E-state index is 14.0. The number of nitrogens with zero attached hydrogens (tertiary/aromatic N) is 5. The first kappa shape index (κ1) is 20.0. The number of anilines is 2. The number of hydrogen-bond donors (Lipinski definition) is 2. The van der Waals surface area contributed by atoms with Crippen molar-refractivity contribution in [2.45, 2.75) is 19.9 Å². The zero-order chi connectivity index (χ0) is 22.1. The molecular formula is C22H18FN7O. The highest BCUT2D eigenvalue weighted by Crippen LogP contribution is 2.24. The summed E-state index contributed by atoms with van der Waals surface area (Å²) in [6.07, 6.45) is 1.31. The third-order valence-electron chi connectivity index (χ3n) is 4.87. The number of hydrogen-bond acceptors (Lipinski definition) is 7. The molecule has 0 unspecified atom stereocenters. The summed E-state index contributed by atoms with van der Waals surface area (Å²) in [5.74, 6) is 0.0659. The van der Waals surface area contributed by atoms with Crippen LogP contribution < -0.4 is 16.6 Å². The Bertz CT molecular complexity index is 1410. The first-order chi connectivity index (χ1) is 14.9. The highest BCUT2D eigenvalue weighted by atomic mass is 19.1. The maximum absolute atomic E-state index is 14.0. The number of benzene rings is 2. The summed E-state index contributed by atoms with van der Waals surface area (Å²) in [6, 6.07) is 12.5. The van der Waals surface area contributed by atoms with E-state index in [9.17, 15) is 14.4 Å². The fraction of sp³-hybridized carbons (Fsp3) is 0.136. The van der Waals surface area contributed by atoms with Crippen LogP contribution >= 0.6 is 0 Å². The minimum absolute atomic E-state index is 0.00156. The Morgan fingerprint density at radius 1 is 1.23 bits per heavy atom. The van der Waals surface area contributed by atoms with Crippen LogP contribution in [0.25, 0.3) is 16.6 Å². The molecule has 0 aliphatic rings. The molecule has 9 heteroatoms. The zero-order valence-corrected chi connectivity index (χ0v) is 16.8. The molecule has 154 valence electrons. The van der Waals surface area contributed by atoms with E-state index in [0.29, 0.717) is 22.4 Å². The Morgan fingerprint density at radius 2 is 2.00 bits per heavy atom. The molecule has 2 aromatic heterocycles. The number of nitrogens with two attached hydrogens (primary N) is 1. The van der Waals surface area contributed by atoms with Crippen molar-refractivity contribution in [2.75, 3.05) is 11.1 Å². The van der Waals surface area contributed by atoms with E-state index in [1.165, 1.54) is 29.0 Å². The summed E-state index contributed by atoms with van der Waals surface area (Å²) in [4.78, 5) is 26.1. The van der Waals surface area contributed by atoms with Gasteiger partial charge in [-0.15, -0.1) is 0 Å². The summed E-state index contributed by atoms with van der Waals surface area (Å²) in [6.45, 7) is 3.59. The van der Waals surface area contributed by atoms with Gasteiger partial charge in [-0.25, -0.2) is 14.4 Å². The second-order valence-corrected chi connectivity index (χ2v) is 7.03. The summed E-state index contributed by atoms with van der Waals surface area (Å²) < 4.78 is 15.3. The fourth-order valence-corrected chi connectivity index (χ4v) is 3.43. The molecule has 4 rings (SSSR count). The van der Waals surface area contributed by atoms with Crippen molar-refractivity contribution in [1.29, 1.82) is 5.26 Å². The highest BCUT2D eigenvalue weighted by Gasteiger charge is 2.20. The average molecular weight is 415 g/mol. The number of nitrogen functional groups attached to an aromatic ring is 1. The number of fused-ring (bicyclic) bond motifs is 1. The summed E-state index contributed by atoms with van der Waals surface area (Å²) in [5.41, 5.74) is 7.16. The van der Waals surface area contributed by atoms with Gasteiger partial charge in [0, 0.05) is 0 Å². The van der Waals surface area contributed by atoms with Gasteiger partial charge in [0.05, 0.1) is 28.8 Å². The third-order valence-corrected chi connectivity index (χ3v) is 4.87. The molecule has 4 aromatic rings. The first-order valence-electron chi connectivity index (χ1n) is 9.46. The standard InChI is InChI=1S/C22H18FN7O/c1-12-5-3-8-17-18(12)21(31)30(16-7-4-6-15(23)9-16)20(28-17)13(2)27-19-14(10-24)11-26-22(25)29-19/h3-9,11,13H,1-2H3,(H3,25,26,27,29)/t13-/m1/s1. The second-order valence-electron chi connectivity index (χ2n) is 7.03. The minimum Gasteiger partial charge on any atom is -0.368 e. The van der Waals surface area contributed by atoms with Crippen LogP contribution in [0, 0.1) is 24.1 Å². The van der Waals surface area contributed by atoms with Gasteiger partial charge >= 0.3 is 0 Å². The van der Waals surface area contributed by atoms with Crippen LogP contribution in [0.15, 0.2) is 53.5 Å². The van der Waals surface area contributed by atoms with E-state index in [2.05, 4.69) is 15.3 Å². The van der Waals surface area contributed by atoms with Gasteiger partial charge in [-0.1, -0.05) is 18.2 Å². The molecule has 2 heterocycles. The zero-order valence-electron chi connectivity index (χ0n) is 16.8. The third kappa shape index (κ3) is 3.67. The predicted molar refractivity (Wildman–Crippen MR) is 115 cm³/mol. The van der Waals surface area contributed by atoms with Crippen LogP contribution in [0.5, 0.6) is 0 Å². The monoisotopic (exact) mass is 415 g/mol. The van der Waals surface area contributed by atoms with Crippen LogP contribution in [0.4, 0.5) is 16.2 Å². The molecule has 0 aliphatic heterocycles. The quantitative estimate of drug-likeness (QED) is 0.524. The lowest BCUT2D eigenvalue weighted by Gasteiger charge is -2.21. The van der Waals surface area contributed by atoms with E-state index in [1.54, 1.807) is 19.1 Å². The molecule has 8 nitrogen and oxygen atoms in total. The van der Waals surface area contributed by atoms with Crippen molar-refractivity contribution in [2.24, 2.45) is 0 Å². The average Bonchev–Trinajstić information content (AvgIpc) is 2.73. The minimum atomic E-state index is -0.581. The second kappa shape index (κ2) is 7.84. The van der Waals surface area contributed by atoms with Gasteiger partial charge in [0.2, 0.25) is 5.95 Å². The van der Waals surface area contributed by atoms with Crippen molar-refractivity contribution in [3.63, 3.8) is 0 Å². The molecule has 0 fully saturated rings. The Morgan fingerprint density at radius 3 is 2.74 bits per heavy atom. The lowest BCUT2D eigenvalue weighted by atomic mass is 10.1. The molecule has 1 atom stereocenters. The molecular weight excluding hydrogens is 397 g/mol. The lowest BCUT2D eigenvalue weighted by Crippen LogP contribution is -2.28. The number of aromatic nitrogens is 4. The first-order valence-corrected chi connectivity index (χ1v) is 9.46. The predicted octanol–water partition coefficient (Wildman–Crippen LogP) is 3.25. The van der Waals surface area contributed by atoms with Crippen LogP contribution in [-0.4, -0.2) is 19.5 Å². The van der Waals surface area contributed by atoms with Crippen molar-refractivity contribution < 1.29 is 4.39 Å². The normalized spacial score (nSPS) is 11.8. The number of nitrogens with one attached hydrogen (secondary N) is 1. The summed E-state index contributed by atoms with van der Waals surface area (Å²) in [5, 5.41) is 12.9. The van der Waals surface area contributed by atoms with E-state index in [4.69, 9.17) is 10.7 Å². The van der Waals surface area contributed by atoms with Crippen LogP contribution in [0.2, 0.25) is 0 Å². The molecule has 0 bridgehead atoms. The Labute approximate surface area is 176 Å². The van der Waals surface area contributed by atoms with E-state index in [0.717, 1.165) is 5.56 Å². The molecule has 31 heavy (non-hydrogen) atoms. The Balaban J connectivity index is 1.95. The van der Waals surface area contributed by atoms with Crippen LogP contribution in [0.1, 0.15) is 29.9 Å². The summed E-state index contributed by atoms with van der Waals surface area (Å²) in [7, 11) is 0. The molecule has 0 saturated carbocycles. The topological polar surface area (TPSA) is 123 Å². The van der Waals surface area contributed by atoms with E-state index in [-0.39, 0.29) is 22.9 Å². The molecule has 0 saturated heterocycles. The maximum Gasteiger partial charge on any atom is 0.266 e. The van der Waals surface area contributed by atoms with E-state index >= 15 is 0 Å². The van der Waals surface area contributed by atoms with Gasteiger partial charge in [-0.3, -0.25) is 9.36 Å². The van der Waals surface area contributed by atoms with Crippen molar-refractivity contribution in [3.8, 4) is 11.8 Å². The van der Waals surface area contributed by atoms with Crippen molar-refractivity contribution in [3.05, 3.63) is 81.8 Å². The number of rotatable bonds is 4. The molecule has 0 amide bonds. The van der Waals surface area contributed by atoms with Gasteiger partial charge in [0.1, 0.15) is 29.1 Å². The molecule has 2 aromatic carbocycles. The summed E-state index contributed by atoms with van der Waals surface area (Å²) >= 11 is 0. The molecule has 0 aliphatic carbocycles. The van der Waals surface area contributed by atoms with Gasteiger partial charge in [-0.2, -0.15) is 10.2 Å². The van der Waals surface area contributed by atoms with Gasteiger partial charge in [0.15, 0.2) is 0 Å². The van der Waals surface area contributed by atoms with E-state index < -0.39 is 11.9 Å². The van der Waals surface area contributed by atoms with E-state index in [1.807, 2.05) is 25.1 Å². The number of halogens is 1. The van der Waals surface area contributed by atoms with Crippen molar-refractivity contribution in [1.82, 2.24) is 19.5 Å². The lowest BCUT2D eigenvalue weighted by molar-refractivity contribution is 0.624. The molecule has 0 radical (unpaired) electrons. The number of aryl methyl sites for hydroxylation is 1. The van der Waals surface area contributed by atoms with Crippen LogP contribution in [0.3, 0.4) is 0 Å². The van der Waals surface area contributed by atoms with Crippen LogP contribution in [-0.2, 0) is 0 Å². The SMILES string of the molecule is Cc1cccc2nc([C@@H](C)Nc3nc(N)ncc3C#N)n(-c3cccc(F)c3)c(=O)c12. The highest BCUT2D eigenvalue weighted by molar-refractivity contribution is 5.81. The van der Waals surface area contributed by atoms with Gasteiger partial charge in [0.25, 0.3) is 5.56 Å². The smallest absolute Gasteiger partial charge is 0.266 e. The fourth-order valence-electron chi connectivity index (χ4n) is 3.43.